The van der Waals surface area contributed by atoms with Crippen LogP contribution in [0.5, 0.6) is 5.75 Å². The van der Waals surface area contributed by atoms with Gasteiger partial charge in [0.25, 0.3) is 0 Å². The van der Waals surface area contributed by atoms with Crippen molar-refractivity contribution in [2.24, 2.45) is 0 Å². The first kappa shape index (κ1) is 24.1. The Hall–Kier alpha value is -1.91. The number of hydrogen-bond donors (Lipinski definition) is 0. The zero-order chi connectivity index (χ0) is 20.5. The fraction of sp³-hybridized carbons (Fsp3) is 0.652. The lowest BCUT2D eigenvalue weighted by Crippen LogP contribution is -2.10. The molecular weight excluding hydrogens is 359 g/mol. The van der Waals surface area contributed by atoms with Gasteiger partial charge < -0.3 is 9.47 Å². The molecule has 1 aromatic rings. The molecule has 0 saturated carbocycles. The minimum atomic E-state index is -0.559. The van der Waals surface area contributed by atoms with Crippen LogP contribution >= 0.6 is 0 Å². The fourth-order valence-electron chi connectivity index (χ4n) is 2.91. The van der Waals surface area contributed by atoms with Crippen LogP contribution in [0.1, 0.15) is 90.4 Å². The summed E-state index contributed by atoms with van der Waals surface area (Å²) >= 11 is 0. The van der Waals surface area contributed by atoms with Crippen LogP contribution in [-0.2, 0) is 14.3 Å². The lowest BCUT2D eigenvalue weighted by Gasteiger charge is -2.06. The number of ether oxygens (including phenoxy) is 2. The second-order valence-electron chi connectivity index (χ2n) is 7.16. The summed E-state index contributed by atoms with van der Waals surface area (Å²) in [6, 6.07) is 5.80. The quantitative estimate of drug-likeness (QED) is 0.186. The summed E-state index contributed by atoms with van der Waals surface area (Å²) in [5.41, 5.74) is 0. The minimum Gasteiger partial charge on any atom is -0.466 e. The molecule has 0 spiro atoms. The molecular formula is C23H35FO4. The molecule has 0 aliphatic rings. The number of carbonyl (C=O) groups excluding carboxylic acids is 2. The van der Waals surface area contributed by atoms with Crippen LogP contribution in [0.25, 0.3) is 0 Å². The molecule has 0 N–H and O–H groups in total. The highest BCUT2D eigenvalue weighted by Gasteiger charge is 2.09. The van der Waals surface area contributed by atoms with E-state index in [9.17, 15) is 14.0 Å². The molecule has 0 saturated heterocycles. The second kappa shape index (κ2) is 16.1. The predicted octanol–water partition coefficient (Wildman–Crippen LogP) is 6.37. The smallest absolute Gasteiger partial charge is 0.311 e. The van der Waals surface area contributed by atoms with Crippen molar-refractivity contribution in [2.75, 3.05) is 6.61 Å². The molecule has 0 heterocycles. The van der Waals surface area contributed by atoms with Gasteiger partial charge in [-0.05, 0) is 31.4 Å². The van der Waals surface area contributed by atoms with Crippen molar-refractivity contribution in [1.29, 1.82) is 0 Å². The standard InChI is InChI=1S/C23H35FO4/c1-2-3-4-5-6-7-8-9-14-19-27-22(25)17-12-13-18-23(26)28-21-16-11-10-15-20(21)24/h10-11,15-16H,2-9,12-14,17-19H2,1H3. The monoisotopic (exact) mass is 394 g/mol. The summed E-state index contributed by atoms with van der Waals surface area (Å²) in [6.07, 6.45) is 12.6. The first-order valence-electron chi connectivity index (χ1n) is 10.7. The molecule has 28 heavy (non-hydrogen) atoms. The highest BCUT2D eigenvalue weighted by atomic mass is 19.1. The van der Waals surface area contributed by atoms with Crippen molar-refractivity contribution >= 4 is 11.9 Å². The van der Waals surface area contributed by atoms with Crippen LogP contribution in [0.2, 0.25) is 0 Å². The van der Waals surface area contributed by atoms with Gasteiger partial charge in [0.2, 0.25) is 0 Å². The molecule has 4 nitrogen and oxygen atoms in total. The van der Waals surface area contributed by atoms with E-state index in [1.807, 2.05) is 0 Å². The predicted molar refractivity (Wildman–Crippen MR) is 109 cm³/mol. The van der Waals surface area contributed by atoms with E-state index >= 15 is 0 Å². The Morgan fingerprint density at radius 1 is 0.786 bits per heavy atom. The van der Waals surface area contributed by atoms with E-state index < -0.39 is 11.8 Å². The molecule has 1 aromatic carbocycles. The Bertz CT molecular complexity index is 559. The first-order valence-corrected chi connectivity index (χ1v) is 10.7. The summed E-state index contributed by atoms with van der Waals surface area (Å²) in [5, 5.41) is 0. The molecule has 158 valence electrons. The largest absolute Gasteiger partial charge is 0.466 e. The van der Waals surface area contributed by atoms with E-state index in [1.54, 1.807) is 6.07 Å². The summed E-state index contributed by atoms with van der Waals surface area (Å²) in [6.45, 7) is 2.70. The first-order chi connectivity index (χ1) is 13.6. The van der Waals surface area contributed by atoms with Crippen LogP contribution in [0, 0.1) is 5.82 Å². The molecule has 0 aromatic heterocycles. The van der Waals surface area contributed by atoms with Crippen molar-refractivity contribution in [1.82, 2.24) is 0 Å². The number of halogens is 1. The molecule has 1 rings (SSSR count). The van der Waals surface area contributed by atoms with Crippen LogP contribution in [0.3, 0.4) is 0 Å². The average Bonchev–Trinajstić information content (AvgIpc) is 2.68. The van der Waals surface area contributed by atoms with Gasteiger partial charge in [-0.25, -0.2) is 4.39 Å². The molecule has 0 unspecified atom stereocenters. The normalized spacial score (nSPS) is 10.6. The maximum absolute atomic E-state index is 13.4. The van der Waals surface area contributed by atoms with Crippen molar-refractivity contribution in [3.63, 3.8) is 0 Å². The third kappa shape index (κ3) is 12.5. The summed E-state index contributed by atoms with van der Waals surface area (Å²) < 4.78 is 23.6. The van der Waals surface area contributed by atoms with Gasteiger partial charge >= 0.3 is 11.9 Å². The van der Waals surface area contributed by atoms with Gasteiger partial charge in [0.1, 0.15) is 0 Å². The average molecular weight is 395 g/mol. The molecule has 0 aliphatic carbocycles. The van der Waals surface area contributed by atoms with E-state index in [-0.39, 0.29) is 18.1 Å². The third-order valence-electron chi connectivity index (χ3n) is 4.58. The van der Waals surface area contributed by atoms with Crippen LogP contribution < -0.4 is 4.74 Å². The second-order valence-corrected chi connectivity index (χ2v) is 7.16. The van der Waals surface area contributed by atoms with Crippen molar-refractivity contribution in [3.8, 4) is 5.75 Å². The molecule has 0 fully saturated rings. The molecule has 0 radical (unpaired) electrons. The number of rotatable bonds is 16. The molecule has 0 amide bonds. The molecule has 5 heteroatoms. The van der Waals surface area contributed by atoms with E-state index in [2.05, 4.69) is 6.92 Å². The van der Waals surface area contributed by atoms with E-state index in [4.69, 9.17) is 9.47 Å². The number of para-hydroxylation sites is 1. The van der Waals surface area contributed by atoms with Crippen molar-refractivity contribution in [2.45, 2.75) is 90.4 Å². The molecule has 0 aliphatic heterocycles. The topological polar surface area (TPSA) is 52.6 Å². The highest BCUT2D eigenvalue weighted by Crippen LogP contribution is 2.16. The van der Waals surface area contributed by atoms with Crippen molar-refractivity contribution < 1.29 is 23.5 Å². The lowest BCUT2D eigenvalue weighted by molar-refractivity contribution is -0.144. The van der Waals surface area contributed by atoms with Gasteiger partial charge in [-0.3, -0.25) is 9.59 Å². The number of unbranched alkanes of at least 4 members (excludes halogenated alkanes) is 9. The minimum absolute atomic E-state index is 0.0622. The number of hydrogen-bond acceptors (Lipinski definition) is 4. The van der Waals surface area contributed by atoms with Crippen LogP contribution in [0.4, 0.5) is 4.39 Å². The lowest BCUT2D eigenvalue weighted by atomic mass is 10.1. The van der Waals surface area contributed by atoms with Gasteiger partial charge in [-0.2, -0.15) is 0 Å². The Morgan fingerprint density at radius 2 is 1.36 bits per heavy atom. The third-order valence-corrected chi connectivity index (χ3v) is 4.58. The summed E-state index contributed by atoms with van der Waals surface area (Å²) in [4.78, 5) is 23.3. The summed E-state index contributed by atoms with van der Waals surface area (Å²) in [5.74, 6) is -1.33. The number of benzene rings is 1. The highest BCUT2D eigenvalue weighted by molar-refractivity contribution is 5.72. The van der Waals surface area contributed by atoms with Crippen LogP contribution in [-0.4, -0.2) is 18.5 Å². The van der Waals surface area contributed by atoms with E-state index in [0.717, 1.165) is 12.8 Å². The maximum Gasteiger partial charge on any atom is 0.311 e. The Labute approximate surface area is 168 Å². The van der Waals surface area contributed by atoms with Gasteiger partial charge in [0, 0.05) is 12.8 Å². The summed E-state index contributed by atoms with van der Waals surface area (Å²) in [7, 11) is 0. The Morgan fingerprint density at radius 3 is 2.00 bits per heavy atom. The zero-order valence-electron chi connectivity index (χ0n) is 17.2. The maximum atomic E-state index is 13.4. The fourth-order valence-corrected chi connectivity index (χ4v) is 2.91. The SMILES string of the molecule is CCCCCCCCCCCOC(=O)CCCCC(=O)Oc1ccccc1F. The zero-order valence-corrected chi connectivity index (χ0v) is 17.2. The molecule has 0 bridgehead atoms. The van der Waals surface area contributed by atoms with E-state index in [0.29, 0.717) is 25.9 Å². The Kier molecular flexibility index (Phi) is 13.9. The van der Waals surface area contributed by atoms with Crippen molar-refractivity contribution in [3.05, 3.63) is 30.1 Å². The van der Waals surface area contributed by atoms with Crippen LogP contribution in [0.15, 0.2) is 24.3 Å². The van der Waals surface area contributed by atoms with Gasteiger partial charge in [0.15, 0.2) is 11.6 Å². The Balaban J connectivity index is 1.92. The number of esters is 2. The van der Waals surface area contributed by atoms with Gasteiger partial charge in [0.05, 0.1) is 6.61 Å². The number of carbonyl (C=O) groups is 2. The van der Waals surface area contributed by atoms with E-state index in [1.165, 1.54) is 63.1 Å². The van der Waals surface area contributed by atoms with Gasteiger partial charge in [-0.1, -0.05) is 70.4 Å². The molecule has 0 atom stereocenters. The van der Waals surface area contributed by atoms with Gasteiger partial charge in [-0.15, -0.1) is 0 Å².